The molecule has 0 saturated carbocycles. The summed E-state index contributed by atoms with van der Waals surface area (Å²) in [6, 6.07) is 1.48. The number of nitrogens with zero attached hydrogens (tertiary/aromatic N) is 2. The molecule has 1 aliphatic heterocycles. The van der Waals surface area contributed by atoms with Crippen LogP contribution in [0.25, 0.3) is 5.57 Å². The minimum Gasteiger partial charge on any atom is -0.493 e. The Bertz CT molecular complexity index is 742. The molecule has 142 valence electrons. The highest BCUT2D eigenvalue weighted by Gasteiger charge is 2.38. The fourth-order valence-corrected chi connectivity index (χ4v) is 2.87. The van der Waals surface area contributed by atoms with Gasteiger partial charge in [0.2, 0.25) is 5.75 Å². The van der Waals surface area contributed by atoms with Crippen LogP contribution in [0.15, 0.2) is 12.1 Å². The molecule has 0 atom stereocenters. The van der Waals surface area contributed by atoms with E-state index >= 15 is 0 Å². The average Bonchev–Trinajstić information content (AvgIpc) is 2.66. The lowest BCUT2D eigenvalue weighted by Crippen LogP contribution is -2.35. The number of methoxy groups -OCH3 is 5. The largest absolute Gasteiger partial charge is 0.493 e. The molecule has 1 heterocycles. The van der Waals surface area contributed by atoms with Crippen LogP contribution in [0.2, 0.25) is 0 Å². The fourth-order valence-electron chi connectivity index (χ4n) is 2.87. The maximum Gasteiger partial charge on any atom is 0.414 e. The van der Waals surface area contributed by atoms with E-state index in [1.807, 2.05) is 0 Å². The molecule has 0 bridgehead atoms. The molecule has 0 spiro atoms. The SMILES string of the molecule is COC(=O)N1CC=C(C(OC)OC)c2c1cc(OC)c(OC)c2[N+](=O)[O-]. The highest BCUT2D eigenvalue weighted by molar-refractivity contribution is 5.99. The van der Waals surface area contributed by atoms with Crippen LogP contribution in [-0.2, 0) is 14.2 Å². The number of amides is 1. The molecule has 1 amide bonds. The van der Waals surface area contributed by atoms with E-state index in [-0.39, 0.29) is 35.0 Å². The Morgan fingerprint density at radius 1 is 1.19 bits per heavy atom. The quantitative estimate of drug-likeness (QED) is 0.427. The Morgan fingerprint density at radius 2 is 1.85 bits per heavy atom. The second-order valence-electron chi connectivity index (χ2n) is 5.16. The van der Waals surface area contributed by atoms with Gasteiger partial charge in [-0.05, 0) is 0 Å². The molecule has 0 unspecified atom stereocenters. The topological polar surface area (TPSA) is 110 Å². The van der Waals surface area contributed by atoms with Crippen molar-refractivity contribution in [2.45, 2.75) is 6.29 Å². The number of carbonyl (C=O) groups is 1. The van der Waals surface area contributed by atoms with Crippen LogP contribution in [0.1, 0.15) is 5.56 Å². The van der Waals surface area contributed by atoms with Crippen molar-refractivity contribution >= 4 is 23.0 Å². The lowest BCUT2D eigenvalue weighted by Gasteiger charge is -2.30. The number of fused-ring (bicyclic) bond motifs is 1. The highest BCUT2D eigenvalue weighted by atomic mass is 16.7. The predicted octanol–water partition coefficient (Wildman–Crippen LogP) is 2.20. The van der Waals surface area contributed by atoms with E-state index < -0.39 is 17.3 Å². The Kier molecular flexibility index (Phi) is 6.01. The zero-order valence-corrected chi connectivity index (χ0v) is 15.1. The van der Waals surface area contributed by atoms with Gasteiger partial charge in [-0.3, -0.25) is 15.0 Å². The molecule has 0 N–H and O–H groups in total. The van der Waals surface area contributed by atoms with Gasteiger partial charge in [0.05, 0.1) is 37.5 Å². The van der Waals surface area contributed by atoms with E-state index in [1.165, 1.54) is 46.5 Å². The number of carbonyl (C=O) groups excluding carboxylic acids is 1. The summed E-state index contributed by atoms with van der Waals surface area (Å²) < 4.78 is 25.7. The third kappa shape index (κ3) is 3.16. The van der Waals surface area contributed by atoms with E-state index in [4.69, 9.17) is 23.7 Å². The number of hydrogen-bond acceptors (Lipinski definition) is 8. The Labute approximate surface area is 150 Å². The maximum absolute atomic E-state index is 12.2. The zero-order valence-electron chi connectivity index (χ0n) is 15.1. The van der Waals surface area contributed by atoms with Gasteiger partial charge in [-0.25, -0.2) is 4.79 Å². The van der Waals surface area contributed by atoms with Crippen LogP contribution in [-0.4, -0.2) is 59.4 Å². The van der Waals surface area contributed by atoms with E-state index in [0.29, 0.717) is 5.57 Å². The molecule has 2 rings (SSSR count). The molecule has 26 heavy (non-hydrogen) atoms. The summed E-state index contributed by atoms with van der Waals surface area (Å²) in [6.07, 6.45) is 0.0651. The molecule has 1 aromatic carbocycles. The lowest BCUT2D eigenvalue weighted by molar-refractivity contribution is -0.386. The molecule has 10 nitrogen and oxygen atoms in total. The summed E-state index contributed by atoms with van der Waals surface area (Å²) >= 11 is 0. The van der Waals surface area contributed by atoms with Gasteiger partial charge >= 0.3 is 11.8 Å². The van der Waals surface area contributed by atoms with Crippen molar-refractivity contribution in [2.24, 2.45) is 0 Å². The second-order valence-corrected chi connectivity index (χ2v) is 5.16. The summed E-state index contributed by atoms with van der Waals surface area (Å²) in [5.74, 6) is 0.0410. The summed E-state index contributed by atoms with van der Waals surface area (Å²) in [5, 5.41) is 11.8. The van der Waals surface area contributed by atoms with Crippen molar-refractivity contribution < 1.29 is 33.4 Å². The first-order chi connectivity index (χ1) is 12.4. The third-order valence-corrected chi connectivity index (χ3v) is 3.96. The van der Waals surface area contributed by atoms with Crippen LogP contribution in [0, 0.1) is 10.1 Å². The summed E-state index contributed by atoms with van der Waals surface area (Å²) in [5.41, 5.74) is 0.411. The normalized spacial score (nSPS) is 13.2. The van der Waals surface area contributed by atoms with Crippen molar-refractivity contribution in [3.63, 3.8) is 0 Å². The van der Waals surface area contributed by atoms with Crippen LogP contribution < -0.4 is 14.4 Å². The van der Waals surface area contributed by atoms with Crippen molar-refractivity contribution in [1.29, 1.82) is 0 Å². The van der Waals surface area contributed by atoms with Gasteiger partial charge in [0, 0.05) is 32.4 Å². The third-order valence-electron chi connectivity index (χ3n) is 3.96. The van der Waals surface area contributed by atoms with Crippen LogP contribution in [0.4, 0.5) is 16.2 Å². The molecule has 0 saturated heterocycles. The molecular formula is C16H20N2O8. The first kappa shape index (κ1) is 19.5. The molecular weight excluding hydrogens is 348 g/mol. The number of nitro groups is 1. The van der Waals surface area contributed by atoms with Gasteiger partial charge in [0.1, 0.15) is 0 Å². The number of benzene rings is 1. The molecule has 0 radical (unpaired) electrons. The summed E-state index contributed by atoms with van der Waals surface area (Å²) in [4.78, 5) is 24.6. The molecule has 1 aliphatic rings. The number of ether oxygens (including phenoxy) is 5. The minimum absolute atomic E-state index is 0.0696. The average molecular weight is 368 g/mol. The predicted molar refractivity (Wildman–Crippen MR) is 91.7 cm³/mol. The summed E-state index contributed by atoms with van der Waals surface area (Å²) in [6.45, 7) is 0.116. The Morgan fingerprint density at radius 3 is 2.31 bits per heavy atom. The number of nitro benzene ring substituents is 1. The van der Waals surface area contributed by atoms with Gasteiger partial charge in [-0.2, -0.15) is 0 Å². The molecule has 1 aromatic rings. The monoisotopic (exact) mass is 368 g/mol. The van der Waals surface area contributed by atoms with Crippen molar-refractivity contribution in [1.82, 2.24) is 0 Å². The summed E-state index contributed by atoms with van der Waals surface area (Å²) in [7, 11) is 6.69. The number of hydrogen-bond donors (Lipinski definition) is 0. The van der Waals surface area contributed by atoms with Gasteiger partial charge in [0.15, 0.2) is 12.0 Å². The second kappa shape index (κ2) is 8.02. The van der Waals surface area contributed by atoms with Gasteiger partial charge in [0.25, 0.3) is 0 Å². The number of anilines is 1. The Hall–Kier alpha value is -2.85. The zero-order chi connectivity index (χ0) is 19.4. The molecule has 0 aromatic heterocycles. The van der Waals surface area contributed by atoms with Crippen LogP contribution in [0.3, 0.4) is 0 Å². The molecule has 0 aliphatic carbocycles. The first-order valence-corrected chi connectivity index (χ1v) is 7.49. The molecule has 0 fully saturated rings. The van der Waals surface area contributed by atoms with E-state index in [9.17, 15) is 14.9 Å². The van der Waals surface area contributed by atoms with E-state index in [1.54, 1.807) is 6.08 Å². The highest BCUT2D eigenvalue weighted by Crippen LogP contribution is 2.50. The van der Waals surface area contributed by atoms with E-state index in [0.717, 1.165) is 0 Å². The van der Waals surface area contributed by atoms with Gasteiger partial charge in [-0.1, -0.05) is 6.08 Å². The van der Waals surface area contributed by atoms with Gasteiger partial charge < -0.3 is 23.7 Å². The lowest BCUT2D eigenvalue weighted by atomic mass is 9.95. The first-order valence-electron chi connectivity index (χ1n) is 7.49. The smallest absolute Gasteiger partial charge is 0.414 e. The van der Waals surface area contributed by atoms with Crippen LogP contribution >= 0.6 is 0 Å². The molecule has 10 heteroatoms. The fraction of sp³-hybridized carbons (Fsp3) is 0.438. The Balaban J connectivity index is 2.87. The van der Waals surface area contributed by atoms with Crippen molar-refractivity contribution in [3.8, 4) is 11.5 Å². The standard InChI is InChI=1S/C16H20N2O8/c1-22-11-8-10-12(13(18(20)21)14(11)23-2)9(15(24-3)25-4)6-7-17(10)16(19)26-5/h6,8,15H,7H2,1-5H3. The minimum atomic E-state index is -0.870. The van der Waals surface area contributed by atoms with Gasteiger partial charge in [-0.15, -0.1) is 0 Å². The van der Waals surface area contributed by atoms with Crippen molar-refractivity contribution in [2.75, 3.05) is 47.0 Å². The number of rotatable bonds is 6. The maximum atomic E-state index is 12.2. The van der Waals surface area contributed by atoms with E-state index in [2.05, 4.69) is 0 Å². The van der Waals surface area contributed by atoms with Crippen molar-refractivity contribution in [3.05, 3.63) is 27.8 Å². The van der Waals surface area contributed by atoms with Crippen LogP contribution in [0.5, 0.6) is 11.5 Å².